The summed E-state index contributed by atoms with van der Waals surface area (Å²) in [5, 5.41) is 5.49. The van der Waals surface area contributed by atoms with Gasteiger partial charge in [-0.1, -0.05) is 73.7 Å². The number of benzene rings is 3. The van der Waals surface area contributed by atoms with Crippen molar-refractivity contribution in [2.45, 2.75) is 13.3 Å². The van der Waals surface area contributed by atoms with Crippen LogP contribution in [-0.2, 0) is 4.79 Å². The molecule has 1 unspecified atom stereocenters. The summed E-state index contributed by atoms with van der Waals surface area (Å²) in [6, 6.07) is 22.6. The molecule has 1 aliphatic carbocycles. The summed E-state index contributed by atoms with van der Waals surface area (Å²) in [5.41, 5.74) is 5.88. The van der Waals surface area contributed by atoms with E-state index in [4.69, 9.17) is 0 Å². The standard InChI is InChI=1S/C26H22N2O/c1-17-13-15-18(16-14-17)26(29)28-22-10-4-2-7-19(22)20-9-6-12-24-25(20)21-8-3-5-11-23(21)27-24/h2-13,15-17,27H,14H2,1H3,(H,28,29). The molecular formula is C26H22N2O. The maximum atomic E-state index is 12.8. The molecule has 0 fully saturated rings. The second-order valence-electron chi connectivity index (χ2n) is 7.63. The van der Waals surface area contributed by atoms with Gasteiger partial charge >= 0.3 is 0 Å². The van der Waals surface area contributed by atoms with Crippen LogP contribution in [0.25, 0.3) is 32.9 Å². The molecule has 3 heteroatoms. The van der Waals surface area contributed by atoms with Crippen molar-refractivity contribution in [2.24, 2.45) is 5.92 Å². The number of aromatic nitrogens is 1. The van der Waals surface area contributed by atoms with E-state index in [1.54, 1.807) is 0 Å². The molecule has 1 amide bonds. The number of H-pyrrole nitrogens is 1. The largest absolute Gasteiger partial charge is 0.354 e. The van der Waals surface area contributed by atoms with E-state index in [-0.39, 0.29) is 5.91 Å². The number of nitrogens with one attached hydrogen (secondary N) is 2. The third kappa shape index (κ3) is 3.15. The Morgan fingerprint density at radius 2 is 1.69 bits per heavy atom. The Morgan fingerprint density at radius 3 is 2.55 bits per heavy atom. The second kappa shape index (κ2) is 7.10. The quantitative estimate of drug-likeness (QED) is 0.423. The van der Waals surface area contributed by atoms with E-state index < -0.39 is 0 Å². The molecule has 0 radical (unpaired) electrons. The summed E-state index contributed by atoms with van der Waals surface area (Å²) in [6.07, 6.45) is 6.93. The van der Waals surface area contributed by atoms with E-state index in [0.29, 0.717) is 5.92 Å². The number of hydrogen-bond donors (Lipinski definition) is 2. The van der Waals surface area contributed by atoms with Gasteiger partial charge in [0.25, 0.3) is 5.91 Å². The smallest absolute Gasteiger partial charge is 0.255 e. The molecule has 5 rings (SSSR count). The van der Waals surface area contributed by atoms with Crippen molar-refractivity contribution in [1.29, 1.82) is 0 Å². The topological polar surface area (TPSA) is 44.9 Å². The van der Waals surface area contributed by atoms with E-state index in [1.165, 1.54) is 10.8 Å². The van der Waals surface area contributed by atoms with Gasteiger partial charge in [0.15, 0.2) is 0 Å². The van der Waals surface area contributed by atoms with Gasteiger partial charge in [0, 0.05) is 38.6 Å². The van der Waals surface area contributed by atoms with E-state index in [9.17, 15) is 4.79 Å². The zero-order valence-electron chi connectivity index (χ0n) is 16.3. The molecule has 1 heterocycles. The highest BCUT2D eigenvalue weighted by Crippen LogP contribution is 2.37. The molecule has 2 N–H and O–H groups in total. The molecule has 142 valence electrons. The summed E-state index contributed by atoms with van der Waals surface area (Å²) < 4.78 is 0. The predicted molar refractivity (Wildman–Crippen MR) is 121 cm³/mol. The number of rotatable bonds is 3. The highest BCUT2D eigenvalue weighted by molar-refractivity contribution is 6.16. The molecule has 29 heavy (non-hydrogen) atoms. The summed E-state index contributed by atoms with van der Waals surface area (Å²) in [4.78, 5) is 16.3. The van der Waals surface area contributed by atoms with Gasteiger partial charge in [-0.3, -0.25) is 4.79 Å². The minimum absolute atomic E-state index is 0.0632. The van der Waals surface area contributed by atoms with Gasteiger partial charge in [0.2, 0.25) is 0 Å². The average Bonchev–Trinajstić information content (AvgIpc) is 3.13. The van der Waals surface area contributed by atoms with Crippen molar-refractivity contribution in [1.82, 2.24) is 4.98 Å². The maximum Gasteiger partial charge on any atom is 0.255 e. The summed E-state index contributed by atoms with van der Waals surface area (Å²) >= 11 is 0. The maximum absolute atomic E-state index is 12.8. The first kappa shape index (κ1) is 17.5. The second-order valence-corrected chi connectivity index (χ2v) is 7.63. The van der Waals surface area contributed by atoms with Crippen LogP contribution in [0.3, 0.4) is 0 Å². The number of allylic oxidation sites excluding steroid dienone is 2. The lowest BCUT2D eigenvalue weighted by Gasteiger charge is -2.15. The van der Waals surface area contributed by atoms with Gasteiger partial charge in [0.05, 0.1) is 0 Å². The monoisotopic (exact) mass is 378 g/mol. The zero-order valence-corrected chi connectivity index (χ0v) is 16.3. The first-order valence-corrected chi connectivity index (χ1v) is 9.99. The van der Waals surface area contributed by atoms with Crippen LogP contribution < -0.4 is 5.32 Å². The van der Waals surface area contributed by atoms with Crippen LogP contribution in [-0.4, -0.2) is 10.9 Å². The Kier molecular flexibility index (Phi) is 4.28. The number of fused-ring (bicyclic) bond motifs is 3. The number of carbonyl (C=O) groups is 1. The van der Waals surface area contributed by atoms with Gasteiger partial charge in [-0.05, 0) is 36.1 Å². The minimum atomic E-state index is -0.0632. The molecule has 0 saturated carbocycles. The SMILES string of the molecule is CC1C=CC(C(=O)Nc2ccccc2-c2cccc3[nH]c4ccccc4c23)=CC1. The highest BCUT2D eigenvalue weighted by atomic mass is 16.1. The molecule has 1 atom stereocenters. The molecule has 0 bridgehead atoms. The van der Waals surface area contributed by atoms with Crippen molar-refractivity contribution in [2.75, 3.05) is 5.32 Å². The number of carbonyl (C=O) groups excluding carboxylic acids is 1. The fourth-order valence-electron chi connectivity index (χ4n) is 4.04. The number of para-hydroxylation sites is 2. The Morgan fingerprint density at radius 1 is 0.931 bits per heavy atom. The summed E-state index contributed by atoms with van der Waals surface area (Å²) in [7, 11) is 0. The van der Waals surface area contributed by atoms with Crippen LogP contribution in [0.5, 0.6) is 0 Å². The zero-order chi connectivity index (χ0) is 19.8. The lowest BCUT2D eigenvalue weighted by Crippen LogP contribution is -2.15. The molecule has 0 aliphatic heterocycles. The van der Waals surface area contributed by atoms with E-state index in [2.05, 4.69) is 65.8 Å². The first-order valence-electron chi connectivity index (χ1n) is 9.99. The number of anilines is 1. The number of amides is 1. The van der Waals surface area contributed by atoms with Crippen LogP contribution in [0.15, 0.2) is 90.5 Å². The van der Waals surface area contributed by atoms with Gasteiger partial charge in [-0.2, -0.15) is 0 Å². The summed E-state index contributed by atoms with van der Waals surface area (Å²) in [5.74, 6) is 0.421. The molecule has 3 nitrogen and oxygen atoms in total. The van der Waals surface area contributed by atoms with Gasteiger partial charge in [0.1, 0.15) is 0 Å². The molecule has 4 aromatic rings. The highest BCUT2D eigenvalue weighted by Gasteiger charge is 2.16. The van der Waals surface area contributed by atoms with Gasteiger partial charge in [-0.15, -0.1) is 0 Å². The Balaban J connectivity index is 1.60. The van der Waals surface area contributed by atoms with Crippen molar-refractivity contribution >= 4 is 33.4 Å². The van der Waals surface area contributed by atoms with Crippen LogP contribution in [0.4, 0.5) is 5.69 Å². The molecule has 0 saturated heterocycles. The predicted octanol–water partition coefficient (Wildman–Crippen LogP) is 6.45. The third-order valence-corrected chi connectivity index (χ3v) is 5.57. The van der Waals surface area contributed by atoms with Crippen molar-refractivity contribution in [3.63, 3.8) is 0 Å². The molecule has 1 aliphatic rings. The van der Waals surface area contributed by atoms with Crippen LogP contribution in [0, 0.1) is 5.92 Å². The minimum Gasteiger partial charge on any atom is -0.354 e. The van der Waals surface area contributed by atoms with Crippen LogP contribution in [0.1, 0.15) is 13.3 Å². The summed E-state index contributed by atoms with van der Waals surface area (Å²) in [6.45, 7) is 2.15. The number of hydrogen-bond acceptors (Lipinski definition) is 1. The Labute approximate surface area is 169 Å². The Hall–Kier alpha value is -3.59. The fraction of sp³-hybridized carbons (Fsp3) is 0.115. The van der Waals surface area contributed by atoms with Gasteiger partial charge < -0.3 is 10.3 Å². The van der Waals surface area contributed by atoms with Crippen LogP contribution in [0.2, 0.25) is 0 Å². The molecule has 1 aromatic heterocycles. The molecule has 0 spiro atoms. The van der Waals surface area contributed by atoms with Crippen molar-refractivity contribution in [3.8, 4) is 11.1 Å². The van der Waals surface area contributed by atoms with Crippen LogP contribution >= 0.6 is 0 Å². The van der Waals surface area contributed by atoms with E-state index in [0.717, 1.165) is 39.8 Å². The Bertz CT molecular complexity index is 1290. The van der Waals surface area contributed by atoms with Crippen molar-refractivity contribution < 1.29 is 4.79 Å². The lowest BCUT2D eigenvalue weighted by molar-refractivity contribution is -0.112. The molecule has 3 aromatic carbocycles. The molecular weight excluding hydrogens is 356 g/mol. The third-order valence-electron chi connectivity index (χ3n) is 5.57. The fourth-order valence-corrected chi connectivity index (χ4v) is 4.04. The van der Waals surface area contributed by atoms with Crippen molar-refractivity contribution in [3.05, 3.63) is 90.5 Å². The normalized spacial score (nSPS) is 16.2. The average molecular weight is 378 g/mol. The van der Waals surface area contributed by atoms with Gasteiger partial charge in [-0.25, -0.2) is 0 Å². The number of aromatic amines is 1. The lowest BCUT2D eigenvalue weighted by atomic mass is 9.96. The van der Waals surface area contributed by atoms with E-state index in [1.807, 2.05) is 36.4 Å². The van der Waals surface area contributed by atoms with E-state index >= 15 is 0 Å². The first-order chi connectivity index (χ1) is 14.2.